The Hall–Kier alpha value is -3.79. The number of nitrogens with one attached hydrogen (secondary N) is 1. The number of methoxy groups -OCH3 is 1. The topological polar surface area (TPSA) is 145 Å². The van der Waals surface area contributed by atoms with Crippen LogP contribution in [0.1, 0.15) is 38.5 Å². The zero-order chi connectivity index (χ0) is 32.5. The molecular weight excluding hydrogens is 634 g/mol. The van der Waals surface area contributed by atoms with Gasteiger partial charge in [-0.15, -0.1) is 0 Å². The van der Waals surface area contributed by atoms with Gasteiger partial charge in [-0.05, 0) is 35.7 Å². The van der Waals surface area contributed by atoms with Crippen molar-refractivity contribution in [2.75, 3.05) is 26.0 Å². The Bertz CT molecular complexity index is 1990. The minimum atomic E-state index is -4.12. The van der Waals surface area contributed by atoms with Crippen molar-refractivity contribution in [3.8, 4) is 22.6 Å². The van der Waals surface area contributed by atoms with Gasteiger partial charge in [0, 0.05) is 37.9 Å². The van der Waals surface area contributed by atoms with Crippen LogP contribution in [0.4, 0.5) is 5.69 Å². The van der Waals surface area contributed by atoms with Gasteiger partial charge in [0.05, 0.1) is 19.4 Å². The highest BCUT2D eigenvalue weighted by atomic mass is 32.2. The van der Waals surface area contributed by atoms with Crippen LogP contribution in [0.15, 0.2) is 77.0 Å². The molecule has 6 rings (SSSR count). The van der Waals surface area contributed by atoms with Crippen LogP contribution >= 0.6 is 0 Å². The molecule has 1 fully saturated rings. The summed E-state index contributed by atoms with van der Waals surface area (Å²) in [7, 11) is -6.68. The third kappa shape index (κ3) is 6.16. The molecule has 2 aliphatic heterocycles. The number of oxazole rings is 1. The van der Waals surface area contributed by atoms with Crippen LogP contribution in [0.25, 0.3) is 28.3 Å². The number of unbranched alkanes of at least 4 members (excludes halogenated alkanes) is 1. The second-order valence-electron chi connectivity index (χ2n) is 11.3. The van der Waals surface area contributed by atoms with E-state index in [0.717, 1.165) is 16.6 Å². The lowest BCUT2D eigenvalue weighted by Crippen LogP contribution is -2.55. The van der Waals surface area contributed by atoms with E-state index in [1.54, 1.807) is 38.3 Å². The smallest absolute Gasteiger partial charge is 0.383 e. The van der Waals surface area contributed by atoms with E-state index in [0.29, 0.717) is 73.4 Å². The van der Waals surface area contributed by atoms with Gasteiger partial charge < -0.3 is 13.9 Å². The lowest BCUT2D eigenvalue weighted by Gasteiger charge is -2.32. The molecule has 4 aromatic rings. The molecule has 46 heavy (non-hydrogen) atoms. The molecule has 12 nitrogen and oxygen atoms in total. The first-order chi connectivity index (χ1) is 22.1. The summed E-state index contributed by atoms with van der Waals surface area (Å²) >= 11 is 0. The standard InChI is InChI=1S/C32H36N3O9S2/c1-3-33-44-46(39,40)32-12-9-18-35(32)27-21-25(41-2)14-16-29(27)43-31(35)22-30-34(17-7-8-19-45(36,37)38)26-20-24(13-15-28(26)42-30)23-10-5-4-6-11-23/h4-6,10-11,13-16,20-22,32-33H,3,7-9,12,17-19H2,1-2H3/q+1/p+1. The van der Waals surface area contributed by atoms with Crippen molar-refractivity contribution in [1.82, 2.24) is 9.96 Å². The molecule has 14 heteroatoms. The molecule has 1 aromatic heterocycles. The van der Waals surface area contributed by atoms with E-state index in [4.69, 9.17) is 18.2 Å². The fourth-order valence-corrected chi connectivity index (χ4v) is 8.54. The van der Waals surface area contributed by atoms with Crippen LogP contribution in [0.2, 0.25) is 0 Å². The van der Waals surface area contributed by atoms with Crippen LogP contribution in [0.3, 0.4) is 0 Å². The number of fused-ring (bicyclic) bond motifs is 3. The predicted octanol–water partition coefficient (Wildman–Crippen LogP) is 4.75. The summed E-state index contributed by atoms with van der Waals surface area (Å²) in [6, 6.07) is 21.0. The minimum Gasteiger partial charge on any atom is -0.497 e. The van der Waals surface area contributed by atoms with E-state index >= 15 is 0 Å². The molecule has 0 aliphatic carbocycles. The molecule has 0 amide bonds. The van der Waals surface area contributed by atoms with E-state index in [-0.39, 0.29) is 16.7 Å². The Labute approximate surface area is 268 Å². The number of hydrogen-bond donors (Lipinski definition) is 2. The molecule has 244 valence electrons. The van der Waals surface area contributed by atoms with Crippen LogP contribution in [0.5, 0.6) is 11.5 Å². The molecular formula is C32H37N3O9S2+2. The highest BCUT2D eigenvalue weighted by Gasteiger charge is 2.61. The van der Waals surface area contributed by atoms with Crippen molar-refractivity contribution in [1.29, 1.82) is 0 Å². The van der Waals surface area contributed by atoms with Crippen molar-refractivity contribution in [2.45, 2.75) is 44.5 Å². The zero-order valence-electron chi connectivity index (χ0n) is 25.6. The number of aryl methyl sites for hydroxylation is 1. The fraction of sp³-hybridized carbons (Fsp3) is 0.344. The van der Waals surface area contributed by atoms with Crippen molar-refractivity contribution >= 4 is 43.1 Å². The van der Waals surface area contributed by atoms with E-state index in [2.05, 4.69) is 5.48 Å². The Morgan fingerprint density at radius 3 is 2.59 bits per heavy atom. The number of quaternary nitrogens is 1. The fourth-order valence-electron chi connectivity index (χ4n) is 6.36. The van der Waals surface area contributed by atoms with E-state index < -0.39 is 25.6 Å². The van der Waals surface area contributed by atoms with Gasteiger partial charge >= 0.3 is 21.9 Å². The normalized spacial score (nSPS) is 20.4. The van der Waals surface area contributed by atoms with Crippen molar-refractivity contribution < 1.29 is 44.1 Å². The number of rotatable bonds is 12. The van der Waals surface area contributed by atoms with E-state index in [1.165, 1.54) is 0 Å². The molecule has 1 saturated heterocycles. The van der Waals surface area contributed by atoms with Gasteiger partial charge in [-0.3, -0.25) is 4.55 Å². The van der Waals surface area contributed by atoms with Gasteiger partial charge in [-0.25, -0.2) is 4.48 Å². The van der Waals surface area contributed by atoms with Crippen molar-refractivity contribution in [3.63, 3.8) is 0 Å². The molecule has 2 unspecified atom stereocenters. The van der Waals surface area contributed by atoms with Crippen LogP contribution in [-0.4, -0.2) is 52.7 Å². The van der Waals surface area contributed by atoms with Crippen molar-refractivity contribution in [2.24, 2.45) is 0 Å². The average Bonchev–Trinajstić information content (AvgIpc) is 3.73. The molecule has 0 radical (unpaired) electrons. The molecule has 2 aliphatic rings. The first-order valence-electron chi connectivity index (χ1n) is 15.1. The summed E-state index contributed by atoms with van der Waals surface area (Å²) in [6.45, 7) is 2.85. The monoisotopic (exact) mass is 671 g/mol. The Morgan fingerprint density at radius 2 is 1.85 bits per heavy atom. The van der Waals surface area contributed by atoms with E-state index in [1.807, 2.05) is 53.1 Å². The lowest BCUT2D eigenvalue weighted by molar-refractivity contribution is -0.678. The summed E-state index contributed by atoms with van der Waals surface area (Å²) in [5.41, 5.74) is 6.48. The first-order valence-corrected chi connectivity index (χ1v) is 18.2. The first kappa shape index (κ1) is 32.2. The summed E-state index contributed by atoms with van der Waals surface area (Å²) < 4.78 is 84.7. The van der Waals surface area contributed by atoms with Crippen LogP contribution < -0.4 is 24.0 Å². The average molecular weight is 672 g/mol. The lowest BCUT2D eigenvalue weighted by atomic mass is 10.1. The summed E-state index contributed by atoms with van der Waals surface area (Å²) in [6.07, 6.45) is 3.31. The number of benzene rings is 3. The van der Waals surface area contributed by atoms with E-state index in [9.17, 15) is 21.4 Å². The second-order valence-corrected chi connectivity index (χ2v) is 14.6. The van der Waals surface area contributed by atoms with Gasteiger partial charge in [0.2, 0.25) is 11.0 Å². The summed E-state index contributed by atoms with van der Waals surface area (Å²) in [4.78, 5) is 0. The number of aromatic nitrogens is 1. The highest BCUT2D eigenvalue weighted by molar-refractivity contribution is 7.87. The van der Waals surface area contributed by atoms with Gasteiger partial charge in [0.1, 0.15) is 5.75 Å². The quantitative estimate of drug-likeness (QED) is 0.0712. The maximum atomic E-state index is 13.6. The maximum absolute atomic E-state index is 13.6. The molecule has 2 atom stereocenters. The number of nitrogens with zero attached hydrogens (tertiary/aromatic N) is 2. The minimum absolute atomic E-state index is 0.144. The SMILES string of the molecule is CCNOS(=O)(=O)C1CCC[N+]12C(=Cc1oc3ccc(-c4ccccc4)cc3[n+]1CCCCS(=O)(=O)O)Oc1ccc(OC)cc12. The van der Waals surface area contributed by atoms with Gasteiger partial charge in [0.25, 0.3) is 15.6 Å². The number of ether oxygens (including phenoxy) is 2. The summed E-state index contributed by atoms with van der Waals surface area (Å²) in [5.74, 6) is 1.45. The predicted molar refractivity (Wildman–Crippen MR) is 172 cm³/mol. The molecule has 0 bridgehead atoms. The number of hydroxylamine groups is 1. The Morgan fingerprint density at radius 1 is 1.04 bits per heavy atom. The third-order valence-corrected chi connectivity index (χ3v) is 10.8. The Kier molecular flexibility index (Phi) is 8.93. The summed E-state index contributed by atoms with van der Waals surface area (Å²) in [5, 5.41) is -1.01. The number of hydrogen-bond acceptors (Lipinski definition) is 9. The molecule has 2 N–H and O–H groups in total. The van der Waals surface area contributed by atoms with Crippen LogP contribution in [-0.2, 0) is 31.1 Å². The molecule has 0 saturated carbocycles. The van der Waals surface area contributed by atoms with Gasteiger partial charge in [-0.1, -0.05) is 43.3 Å². The second kappa shape index (κ2) is 12.8. The largest absolute Gasteiger partial charge is 0.497 e. The Balaban J connectivity index is 1.50. The molecule has 3 aromatic carbocycles. The highest BCUT2D eigenvalue weighted by Crippen LogP contribution is 2.53. The van der Waals surface area contributed by atoms with Crippen molar-refractivity contribution in [3.05, 3.63) is 78.5 Å². The van der Waals surface area contributed by atoms with Crippen LogP contribution in [0, 0.1) is 0 Å². The molecule has 3 heterocycles. The zero-order valence-corrected chi connectivity index (χ0v) is 27.2. The maximum Gasteiger partial charge on any atom is 0.383 e. The van der Waals surface area contributed by atoms with Gasteiger partial charge in [0.15, 0.2) is 24.1 Å². The van der Waals surface area contributed by atoms with Gasteiger partial charge in [-0.2, -0.15) is 31.2 Å². The molecule has 1 spiro atoms. The third-order valence-electron chi connectivity index (χ3n) is 8.43.